The van der Waals surface area contributed by atoms with Crippen molar-refractivity contribution in [2.24, 2.45) is 0 Å². The molecule has 0 saturated carbocycles. The van der Waals surface area contributed by atoms with Crippen LogP contribution in [0.15, 0.2) is 30.3 Å². The Kier molecular flexibility index (Phi) is 4.33. The quantitative estimate of drug-likeness (QED) is 0.851. The Hall–Kier alpha value is -1.39. The number of benzene rings is 1. The van der Waals surface area contributed by atoms with Gasteiger partial charge in [-0.15, -0.1) is 0 Å². The lowest BCUT2D eigenvalue weighted by Crippen LogP contribution is -2.48. The van der Waals surface area contributed by atoms with Crippen molar-refractivity contribution in [1.82, 2.24) is 4.90 Å². The molecular weight excluding hydrogens is 228 g/mol. The van der Waals surface area contributed by atoms with Crippen LogP contribution < -0.4 is 5.32 Å². The molecule has 1 aliphatic heterocycles. The molecule has 2 N–H and O–H groups in total. The van der Waals surface area contributed by atoms with Gasteiger partial charge < -0.3 is 10.4 Å². The van der Waals surface area contributed by atoms with Gasteiger partial charge in [-0.05, 0) is 38.4 Å². The summed E-state index contributed by atoms with van der Waals surface area (Å²) in [5, 5.41) is 12.5. The Morgan fingerprint density at radius 3 is 2.83 bits per heavy atom. The van der Waals surface area contributed by atoms with Crippen LogP contribution >= 0.6 is 0 Å². The highest BCUT2D eigenvalue weighted by Gasteiger charge is 2.26. The normalized spacial score (nSPS) is 22.4. The molecule has 0 bridgehead atoms. The number of β-amino-alcohol motifs (C(OH)–C–C–N with tert-alkyl or cyclic N) is 1. The maximum atomic E-state index is 12.1. The van der Waals surface area contributed by atoms with E-state index in [4.69, 9.17) is 0 Å². The predicted octanol–water partition coefficient (Wildman–Crippen LogP) is 1.47. The van der Waals surface area contributed by atoms with Gasteiger partial charge in [0.1, 0.15) is 0 Å². The van der Waals surface area contributed by atoms with Crippen molar-refractivity contribution in [1.29, 1.82) is 0 Å². The fourth-order valence-electron chi connectivity index (χ4n) is 2.27. The van der Waals surface area contributed by atoms with Gasteiger partial charge in [-0.3, -0.25) is 9.69 Å². The van der Waals surface area contributed by atoms with E-state index in [0.29, 0.717) is 6.54 Å². The van der Waals surface area contributed by atoms with Crippen LogP contribution in [0.5, 0.6) is 0 Å². The zero-order valence-corrected chi connectivity index (χ0v) is 10.7. The lowest BCUT2D eigenvalue weighted by atomic mass is 10.1. The Labute approximate surface area is 108 Å². The summed E-state index contributed by atoms with van der Waals surface area (Å²) in [6, 6.07) is 9.24. The lowest BCUT2D eigenvalue weighted by Gasteiger charge is -2.33. The van der Waals surface area contributed by atoms with E-state index in [1.807, 2.05) is 42.2 Å². The van der Waals surface area contributed by atoms with Gasteiger partial charge in [-0.1, -0.05) is 18.2 Å². The summed E-state index contributed by atoms with van der Waals surface area (Å²) in [7, 11) is 0. The predicted molar refractivity (Wildman–Crippen MR) is 71.3 cm³/mol. The van der Waals surface area contributed by atoms with Crippen LogP contribution in [-0.2, 0) is 4.79 Å². The minimum absolute atomic E-state index is 0.0182. The minimum Gasteiger partial charge on any atom is -0.392 e. The average Bonchev–Trinajstić information content (AvgIpc) is 2.39. The molecule has 0 aliphatic carbocycles. The van der Waals surface area contributed by atoms with E-state index < -0.39 is 0 Å². The summed E-state index contributed by atoms with van der Waals surface area (Å²) in [6.45, 7) is 3.35. The van der Waals surface area contributed by atoms with E-state index in [1.165, 1.54) is 0 Å². The lowest BCUT2D eigenvalue weighted by molar-refractivity contribution is -0.121. The van der Waals surface area contributed by atoms with Crippen LogP contribution in [0.25, 0.3) is 0 Å². The molecule has 1 aromatic rings. The van der Waals surface area contributed by atoms with Crippen LogP contribution in [-0.4, -0.2) is 41.1 Å². The number of aliphatic hydroxyl groups is 1. The molecule has 1 heterocycles. The fraction of sp³-hybridized carbons (Fsp3) is 0.500. The van der Waals surface area contributed by atoms with Crippen molar-refractivity contribution in [2.75, 3.05) is 18.4 Å². The second-order valence-corrected chi connectivity index (χ2v) is 4.82. The third-order valence-electron chi connectivity index (χ3n) is 3.40. The maximum absolute atomic E-state index is 12.1. The number of para-hydroxylation sites is 1. The zero-order chi connectivity index (χ0) is 13.0. The summed E-state index contributed by atoms with van der Waals surface area (Å²) in [6.07, 6.45) is 1.49. The fourth-order valence-corrected chi connectivity index (χ4v) is 2.27. The first-order chi connectivity index (χ1) is 8.66. The topological polar surface area (TPSA) is 52.6 Å². The first-order valence-electron chi connectivity index (χ1n) is 6.45. The number of likely N-dealkylation sites (tertiary alicyclic amines) is 1. The van der Waals surface area contributed by atoms with E-state index in [-0.39, 0.29) is 18.1 Å². The molecule has 1 fully saturated rings. The third kappa shape index (κ3) is 3.31. The van der Waals surface area contributed by atoms with Crippen LogP contribution in [0.4, 0.5) is 5.69 Å². The second kappa shape index (κ2) is 5.98. The molecule has 1 saturated heterocycles. The standard InChI is InChI=1S/C14H20N2O2/c1-11(16-9-5-8-13(17)10-16)14(18)15-12-6-3-2-4-7-12/h2-4,6-7,11,13,17H,5,8-10H2,1H3,(H,15,18)/t11-,13+/m0/s1. The minimum atomic E-state index is -0.300. The Bertz CT molecular complexity index is 394. The van der Waals surface area contributed by atoms with Crippen molar-refractivity contribution < 1.29 is 9.90 Å². The molecule has 1 aliphatic rings. The van der Waals surface area contributed by atoms with Crippen LogP contribution in [0.1, 0.15) is 19.8 Å². The van der Waals surface area contributed by atoms with Crippen molar-refractivity contribution in [2.45, 2.75) is 31.9 Å². The number of carbonyl (C=O) groups excluding carboxylic acids is 1. The number of nitrogens with zero attached hydrogens (tertiary/aromatic N) is 1. The van der Waals surface area contributed by atoms with E-state index in [0.717, 1.165) is 25.1 Å². The number of hydrogen-bond donors (Lipinski definition) is 2. The van der Waals surface area contributed by atoms with Gasteiger partial charge in [0.2, 0.25) is 5.91 Å². The molecular formula is C14H20N2O2. The number of hydrogen-bond acceptors (Lipinski definition) is 3. The SMILES string of the molecule is C[C@@H](C(=O)Nc1ccccc1)N1CCC[C@@H](O)C1. The molecule has 4 heteroatoms. The largest absolute Gasteiger partial charge is 0.392 e. The molecule has 0 spiro atoms. The Morgan fingerprint density at radius 2 is 2.17 bits per heavy atom. The summed E-state index contributed by atoms with van der Waals surface area (Å²) in [5.41, 5.74) is 0.812. The highest BCUT2D eigenvalue weighted by molar-refractivity contribution is 5.94. The monoisotopic (exact) mass is 248 g/mol. The van der Waals surface area contributed by atoms with Gasteiger partial charge in [0, 0.05) is 12.2 Å². The van der Waals surface area contributed by atoms with Gasteiger partial charge in [0.25, 0.3) is 0 Å². The van der Waals surface area contributed by atoms with E-state index >= 15 is 0 Å². The smallest absolute Gasteiger partial charge is 0.241 e. The van der Waals surface area contributed by atoms with Crippen molar-refractivity contribution in [3.63, 3.8) is 0 Å². The number of carbonyl (C=O) groups is 1. The third-order valence-corrected chi connectivity index (χ3v) is 3.40. The van der Waals surface area contributed by atoms with E-state index in [2.05, 4.69) is 5.32 Å². The first kappa shape index (κ1) is 13.1. The summed E-state index contributed by atoms with van der Waals surface area (Å²) < 4.78 is 0. The van der Waals surface area contributed by atoms with Gasteiger partial charge in [0.05, 0.1) is 12.1 Å². The number of nitrogens with one attached hydrogen (secondary N) is 1. The van der Waals surface area contributed by atoms with E-state index in [9.17, 15) is 9.90 Å². The highest BCUT2D eigenvalue weighted by atomic mass is 16.3. The molecule has 2 atom stereocenters. The molecule has 0 unspecified atom stereocenters. The average molecular weight is 248 g/mol. The second-order valence-electron chi connectivity index (χ2n) is 4.82. The van der Waals surface area contributed by atoms with Crippen molar-refractivity contribution in [3.8, 4) is 0 Å². The molecule has 98 valence electrons. The number of aliphatic hydroxyl groups excluding tert-OH is 1. The molecule has 1 aromatic carbocycles. The summed E-state index contributed by atoms with van der Waals surface area (Å²) >= 11 is 0. The Morgan fingerprint density at radius 1 is 1.44 bits per heavy atom. The van der Waals surface area contributed by atoms with Gasteiger partial charge in [-0.25, -0.2) is 0 Å². The van der Waals surface area contributed by atoms with E-state index in [1.54, 1.807) is 0 Å². The Balaban J connectivity index is 1.92. The summed E-state index contributed by atoms with van der Waals surface area (Å²) in [5.74, 6) is -0.0182. The molecule has 18 heavy (non-hydrogen) atoms. The molecule has 1 amide bonds. The van der Waals surface area contributed by atoms with Crippen LogP contribution in [0.2, 0.25) is 0 Å². The molecule has 4 nitrogen and oxygen atoms in total. The van der Waals surface area contributed by atoms with Crippen LogP contribution in [0, 0.1) is 0 Å². The number of anilines is 1. The highest BCUT2D eigenvalue weighted by Crippen LogP contribution is 2.14. The van der Waals surface area contributed by atoms with Gasteiger partial charge >= 0.3 is 0 Å². The number of piperidine rings is 1. The van der Waals surface area contributed by atoms with Gasteiger partial charge in [-0.2, -0.15) is 0 Å². The number of rotatable bonds is 3. The number of amides is 1. The van der Waals surface area contributed by atoms with Crippen molar-refractivity contribution >= 4 is 11.6 Å². The van der Waals surface area contributed by atoms with Crippen molar-refractivity contribution in [3.05, 3.63) is 30.3 Å². The van der Waals surface area contributed by atoms with Crippen LogP contribution in [0.3, 0.4) is 0 Å². The van der Waals surface area contributed by atoms with Gasteiger partial charge in [0.15, 0.2) is 0 Å². The molecule has 0 aromatic heterocycles. The maximum Gasteiger partial charge on any atom is 0.241 e. The summed E-state index contributed by atoms with van der Waals surface area (Å²) in [4.78, 5) is 14.1. The molecule has 0 radical (unpaired) electrons. The zero-order valence-electron chi connectivity index (χ0n) is 10.7. The first-order valence-corrected chi connectivity index (χ1v) is 6.45. The molecule has 2 rings (SSSR count).